The number of rotatable bonds is 23. The highest BCUT2D eigenvalue weighted by molar-refractivity contribution is 14.1. The summed E-state index contributed by atoms with van der Waals surface area (Å²) >= 11 is 14.3. The van der Waals surface area contributed by atoms with Gasteiger partial charge in [-0.05, 0) is 295 Å². The van der Waals surface area contributed by atoms with Crippen molar-refractivity contribution in [3.05, 3.63) is 455 Å². The van der Waals surface area contributed by atoms with Crippen LogP contribution in [0.5, 0.6) is 28.7 Å². The molecule has 0 aliphatic rings. The van der Waals surface area contributed by atoms with E-state index in [0.717, 1.165) is 122 Å². The first kappa shape index (κ1) is 97.6. The van der Waals surface area contributed by atoms with Crippen LogP contribution in [-0.2, 0) is 19.4 Å². The third kappa shape index (κ3) is 29.3. The standard InChI is InChI=1S/C22H22O2.C21H16FN3O.C20H15ClN2O2.C16H16ClNO.C16H16INO2.C15H13NO2/c1-23-21-11-7-6-10-18(21)12-13-20-16-19(14-15-22(20)24-2)17-8-4-3-5-9-17;22-15-11-9-14(10-12-15)13-23-17-6-2-1-5-16(17)20-21(26)25-19-8-4-3-7-18(19)24-20;1-14-2-8-17(9-3-14)22-13-15-4-6-16(7-5-15)19-12-18(23(24)25)10-11-20(19)21;1-3-19-15-8-5-13(6-9-15)11-18-14-7-4-12(2)16(17)10-14;1-9-4-11(3)15(19)14(7-9)18-8-12-5-10(2)6-13(17)16(12)20;1-12-2-4-13(5-3-12)6-7-14-8-10-15(11-9-14)16(17)18/h3-11,14-16H,12-13H2,1-2H3;1-12,23H,13H2,(H,25,26);2-13H,1H3;4-11H,3H2,1-2H3;4-8,19-20H,1-3H3;2-11H,1H3/b;;;;;7-6+. The quantitative estimate of drug-likeness (QED) is 0.0153. The number of aromatic hydroxyl groups is 2. The molecule has 0 saturated carbocycles. The number of hydrogen-bond acceptors (Lipinski definition) is 15. The maximum atomic E-state index is 13.0. The van der Waals surface area contributed by atoms with Gasteiger partial charge in [0.15, 0.2) is 0 Å². The topological polar surface area (TPSA) is 249 Å². The first-order chi connectivity index (χ1) is 63.8. The number of aliphatic imine (C=N–C) groups is 3. The molecule has 4 N–H and O–H groups in total. The number of methoxy groups -OCH3 is 2. The predicted molar refractivity (Wildman–Crippen MR) is 547 cm³/mol. The molecule has 0 aliphatic carbocycles. The van der Waals surface area contributed by atoms with Crippen LogP contribution in [0.3, 0.4) is 0 Å². The second kappa shape index (κ2) is 49.0. The Kier molecular flexibility index (Phi) is 36.2. The van der Waals surface area contributed by atoms with Crippen LogP contribution in [0.1, 0.15) is 84.8 Å². The number of halogens is 4. The van der Waals surface area contributed by atoms with Crippen LogP contribution in [-0.4, -0.2) is 69.5 Å². The van der Waals surface area contributed by atoms with Crippen molar-refractivity contribution >= 4 is 122 Å². The molecule has 132 heavy (non-hydrogen) atoms. The van der Waals surface area contributed by atoms with Crippen LogP contribution >= 0.6 is 45.8 Å². The number of nitro groups is 2. The second-order valence-corrected chi connectivity index (χ2v) is 32.5. The van der Waals surface area contributed by atoms with E-state index in [1.807, 2.05) is 261 Å². The summed E-state index contributed by atoms with van der Waals surface area (Å²) in [6, 6.07) is 102. The third-order valence-electron chi connectivity index (χ3n) is 20.6. The first-order valence-corrected chi connectivity index (χ1v) is 44.0. The van der Waals surface area contributed by atoms with Gasteiger partial charge >= 0.3 is 0 Å². The second-order valence-electron chi connectivity index (χ2n) is 30.5. The van der Waals surface area contributed by atoms with E-state index in [9.17, 15) is 39.6 Å². The molecular formula is C110H98Cl2FIN8O10. The molecule has 666 valence electrons. The van der Waals surface area contributed by atoms with E-state index in [1.165, 1.54) is 69.8 Å². The molecule has 0 amide bonds. The van der Waals surface area contributed by atoms with Crippen molar-refractivity contribution in [3.8, 4) is 62.3 Å². The number of aromatic nitrogens is 2. The molecule has 22 heteroatoms. The van der Waals surface area contributed by atoms with Crippen LogP contribution in [0.2, 0.25) is 10.0 Å². The van der Waals surface area contributed by atoms with Crippen molar-refractivity contribution < 1.29 is 38.7 Å². The Labute approximate surface area is 791 Å². The number of nitrogens with one attached hydrogen (secondary N) is 2. The predicted octanol–water partition coefficient (Wildman–Crippen LogP) is 28.7. The minimum atomic E-state index is -0.428. The Balaban J connectivity index is 0.000000154. The van der Waals surface area contributed by atoms with E-state index in [-0.39, 0.29) is 34.3 Å². The molecular weight excluding hydrogens is 1810 g/mol. The summed E-state index contributed by atoms with van der Waals surface area (Å²) in [6.45, 7) is 15.0. The van der Waals surface area contributed by atoms with Gasteiger partial charge in [-0.3, -0.25) is 40.0 Å². The number of phenols is 2. The number of non-ortho nitro benzene ring substituents is 2. The number of benzene rings is 15. The van der Waals surface area contributed by atoms with Gasteiger partial charge in [0.2, 0.25) is 0 Å². The molecule has 0 bridgehead atoms. The van der Waals surface area contributed by atoms with Crippen molar-refractivity contribution in [1.29, 1.82) is 0 Å². The van der Waals surface area contributed by atoms with Crippen molar-refractivity contribution in [1.82, 2.24) is 9.97 Å². The lowest BCUT2D eigenvalue weighted by Gasteiger charge is -2.12. The summed E-state index contributed by atoms with van der Waals surface area (Å²) in [5.74, 6) is 2.87. The Morgan fingerprint density at radius 2 is 1.05 bits per heavy atom. The molecule has 15 aromatic carbocycles. The Morgan fingerprint density at radius 1 is 0.485 bits per heavy atom. The van der Waals surface area contributed by atoms with Crippen LogP contribution in [0, 0.1) is 71.2 Å². The maximum Gasteiger partial charge on any atom is 0.275 e. The fourth-order valence-corrected chi connectivity index (χ4v) is 14.6. The zero-order valence-corrected chi connectivity index (χ0v) is 77.9. The molecule has 0 unspecified atom stereocenters. The van der Waals surface area contributed by atoms with E-state index in [2.05, 4.69) is 120 Å². The highest BCUT2D eigenvalue weighted by Gasteiger charge is 2.16. The van der Waals surface area contributed by atoms with Gasteiger partial charge in [0.25, 0.3) is 16.9 Å². The molecule has 16 aromatic rings. The number of aromatic amines is 1. The number of H-pyrrole nitrogens is 1. The largest absolute Gasteiger partial charge is 0.506 e. The van der Waals surface area contributed by atoms with E-state index in [4.69, 9.17) is 37.4 Å². The van der Waals surface area contributed by atoms with Gasteiger partial charge in [-0.15, -0.1) is 0 Å². The van der Waals surface area contributed by atoms with Crippen molar-refractivity contribution in [2.45, 2.75) is 67.9 Å². The Bertz CT molecular complexity index is 6720. The summed E-state index contributed by atoms with van der Waals surface area (Å²) in [5.41, 5.74) is 23.8. The third-order valence-corrected chi connectivity index (χ3v) is 22.1. The molecule has 0 atom stereocenters. The fraction of sp³-hybridized carbons (Fsp3) is 0.118. The summed E-state index contributed by atoms with van der Waals surface area (Å²) < 4.78 is 30.2. The van der Waals surface area contributed by atoms with Gasteiger partial charge in [-0.2, -0.15) is 0 Å². The van der Waals surface area contributed by atoms with Gasteiger partial charge in [0.1, 0.15) is 45.9 Å². The molecule has 1 aromatic heterocycles. The Morgan fingerprint density at radius 3 is 1.70 bits per heavy atom. The van der Waals surface area contributed by atoms with Gasteiger partial charge < -0.3 is 34.7 Å². The smallest absolute Gasteiger partial charge is 0.275 e. The highest BCUT2D eigenvalue weighted by Crippen LogP contribution is 2.36. The lowest BCUT2D eigenvalue weighted by Crippen LogP contribution is -2.12. The van der Waals surface area contributed by atoms with Gasteiger partial charge in [0, 0.05) is 81.9 Å². The molecule has 0 aliphatic heterocycles. The summed E-state index contributed by atoms with van der Waals surface area (Å²) in [7, 11) is 3.44. The lowest BCUT2D eigenvalue weighted by molar-refractivity contribution is -0.385. The van der Waals surface area contributed by atoms with Gasteiger partial charge in [-0.25, -0.2) is 9.37 Å². The van der Waals surface area contributed by atoms with Crippen molar-refractivity contribution in [3.63, 3.8) is 0 Å². The fourth-order valence-electron chi connectivity index (χ4n) is 13.4. The minimum absolute atomic E-state index is 0.0180. The number of phenolic OH excluding ortho intramolecular Hbond substituents is 2. The van der Waals surface area contributed by atoms with E-state index in [1.54, 1.807) is 57.0 Å². The lowest BCUT2D eigenvalue weighted by atomic mass is 9.98. The maximum absolute atomic E-state index is 13.0. The average Bonchev–Trinajstić information content (AvgIpc) is 0.788. The monoisotopic (exact) mass is 1910 g/mol. The number of hydrogen-bond donors (Lipinski definition) is 4. The van der Waals surface area contributed by atoms with Crippen molar-refractivity contribution in [2.24, 2.45) is 15.0 Å². The van der Waals surface area contributed by atoms with Crippen LogP contribution in [0.15, 0.2) is 347 Å². The number of nitro benzene ring substituents is 2. The number of fused-ring (bicyclic) bond motifs is 1. The molecule has 1 heterocycles. The summed E-state index contributed by atoms with van der Waals surface area (Å²) in [5, 5.41) is 46.0. The van der Waals surface area contributed by atoms with Crippen LogP contribution < -0.4 is 25.1 Å². The zero-order chi connectivity index (χ0) is 94.0. The number of nitrogens with zero attached hydrogens (tertiary/aromatic N) is 6. The van der Waals surface area contributed by atoms with Gasteiger partial charge in [-0.1, -0.05) is 216 Å². The number of aryl methyl sites for hydroxylation is 8. The van der Waals surface area contributed by atoms with Crippen LogP contribution in [0.25, 0.3) is 56.7 Å². The summed E-state index contributed by atoms with van der Waals surface area (Å²) in [4.78, 5) is 53.7. The minimum Gasteiger partial charge on any atom is -0.506 e. The normalized spacial score (nSPS) is 10.8. The van der Waals surface area contributed by atoms with Crippen LogP contribution in [0.4, 0.5) is 38.5 Å². The molecule has 0 saturated heterocycles. The molecule has 16 rings (SSSR count). The zero-order valence-electron chi connectivity index (χ0n) is 74.2. The SMILES string of the molecule is CCOc1ccc(C=Nc2ccc(C)c(Cl)c2)cc1.COc1ccccc1CCc1cc(-c2ccccc2)ccc1OC.Cc1cc(I)c(O)c(C=Nc2cc(C)cc(C)c2O)c1.Cc1ccc(/C=C/c2ccc([N+](=O)[O-])cc2)cc1.Cc1ccc(N=Cc2ccc(-c3cc([N+](=O)[O-])ccc3Cl)cc2)cc1.O=c1[nH]c2ccccc2nc1-c1ccccc1NCc1ccc(F)cc1. The van der Waals surface area contributed by atoms with E-state index >= 15 is 0 Å². The number of anilines is 1. The molecule has 0 radical (unpaired) electrons. The van der Waals surface area contributed by atoms with E-state index in [0.29, 0.717) is 46.2 Å². The van der Waals surface area contributed by atoms with Gasteiger partial charge in [0.05, 0.1) is 56.7 Å². The molecule has 18 nitrogen and oxygen atoms in total. The average molecular weight is 1910 g/mol. The number of para-hydroxylation sites is 4. The highest BCUT2D eigenvalue weighted by atomic mass is 127. The van der Waals surface area contributed by atoms with Crippen molar-refractivity contribution in [2.75, 3.05) is 26.1 Å². The molecule has 0 fully saturated rings. The summed E-state index contributed by atoms with van der Waals surface area (Å²) in [6.07, 6.45) is 10.9. The number of ether oxygens (including phenoxy) is 3. The van der Waals surface area contributed by atoms with E-state index < -0.39 is 9.85 Å². The first-order valence-electron chi connectivity index (χ1n) is 42.2. The Hall–Kier alpha value is -15.0. The molecule has 0 spiro atoms.